The summed E-state index contributed by atoms with van der Waals surface area (Å²) in [5.74, 6) is 0.582. The molecule has 0 spiro atoms. The number of hydrogen-bond acceptors (Lipinski definition) is 3. The minimum Gasteiger partial charge on any atom is -0.367 e. The Hall–Kier alpha value is -2.01. The van der Waals surface area contributed by atoms with Gasteiger partial charge in [0.25, 0.3) is 0 Å². The van der Waals surface area contributed by atoms with Gasteiger partial charge in [-0.25, -0.2) is 4.79 Å². The van der Waals surface area contributed by atoms with Crippen molar-refractivity contribution < 1.29 is 4.79 Å². The minimum absolute atomic E-state index is 0.0970. The topological polar surface area (TPSA) is 48.5 Å². The Morgan fingerprint density at radius 1 is 1.15 bits per heavy atom. The summed E-state index contributed by atoms with van der Waals surface area (Å²) in [7, 11) is 0. The number of urea groups is 1. The Kier molecular flexibility index (Phi) is 5.39. The zero-order valence-corrected chi connectivity index (χ0v) is 16.6. The van der Waals surface area contributed by atoms with E-state index in [0.29, 0.717) is 17.0 Å². The van der Waals surface area contributed by atoms with Crippen LogP contribution in [0.4, 0.5) is 10.5 Å². The number of piperazine rings is 1. The highest BCUT2D eigenvalue weighted by molar-refractivity contribution is 6.31. The van der Waals surface area contributed by atoms with Crippen LogP contribution in [0.2, 0.25) is 5.02 Å². The molecule has 1 aliphatic carbocycles. The Morgan fingerprint density at radius 2 is 1.93 bits per heavy atom. The van der Waals surface area contributed by atoms with Crippen LogP contribution in [0, 0.1) is 5.92 Å². The molecule has 6 heteroatoms. The fourth-order valence-corrected chi connectivity index (χ4v) is 4.48. The lowest BCUT2D eigenvalue weighted by Crippen LogP contribution is -2.54. The normalized spacial score (nSPS) is 23.5. The van der Waals surface area contributed by atoms with E-state index in [4.69, 9.17) is 11.6 Å². The highest BCUT2D eigenvalue weighted by atomic mass is 35.5. The van der Waals surface area contributed by atoms with Crippen LogP contribution in [0.5, 0.6) is 0 Å². The fourth-order valence-electron chi connectivity index (χ4n) is 4.31. The molecular formula is C21H27ClN4O. The molecule has 2 aliphatic rings. The average molecular weight is 387 g/mol. The monoisotopic (exact) mass is 386 g/mol. The van der Waals surface area contributed by atoms with Gasteiger partial charge < -0.3 is 15.1 Å². The van der Waals surface area contributed by atoms with E-state index in [1.165, 1.54) is 19.3 Å². The summed E-state index contributed by atoms with van der Waals surface area (Å²) in [6.07, 6.45) is 6.67. The number of benzene rings is 1. The lowest BCUT2D eigenvalue weighted by molar-refractivity contribution is 0.179. The van der Waals surface area contributed by atoms with Crippen LogP contribution in [-0.2, 0) is 0 Å². The van der Waals surface area contributed by atoms with Crippen LogP contribution in [0.3, 0.4) is 0 Å². The molecule has 1 aliphatic heterocycles. The molecule has 27 heavy (non-hydrogen) atoms. The molecule has 0 bridgehead atoms. The summed E-state index contributed by atoms with van der Waals surface area (Å²) in [6.45, 7) is 5.39. The number of rotatable bonds is 2. The van der Waals surface area contributed by atoms with Gasteiger partial charge in [-0.2, -0.15) is 0 Å². The van der Waals surface area contributed by atoms with Crippen LogP contribution in [-0.4, -0.2) is 48.1 Å². The number of aromatic nitrogens is 1. The molecule has 1 aromatic carbocycles. The van der Waals surface area contributed by atoms with Crippen molar-refractivity contribution in [3.8, 4) is 0 Å². The zero-order chi connectivity index (χ0) is 18.8. The van der Waals surface area contributed by atoms with Crippen LogP contribution >= 0.6 is 11.6 Å². The van der Waals surface area contributed by atoms with Gasteiger partial charge in [-0.15, -0.1) is 0 Å². The molecule has 2 heterocycles. The fraction of sp³-hybridized carbons (Fsp3) is 0.524. The van der Waals surface area contributed by atoms with Gasteiger partial charge in [0.15, 0.2) is 0 Å². The number of fused-ring (bicyclic) bond motifs is 1. The van der Waals surface area contributed by atoms with Crippen molar-refractivity contribution in [2.24, 2.45) is 5.92 Å². The Labute approximate surface area is 165 Å². The summed E-state index contributed by atoms with van der Waals surface area (Å²) >= 11 is 6.10. The quantitative estimate of drug-likeness (QED) is 0.837. The van der Waals surface area contributed by atoms with Gasteiger partial charge >= 0.3 is 6.03 Å². The van der Waals surface area contributed by atoms with E-state index in [1.54, 1.807) is 0 Å². The average Bonchev–Trinajstić information content (AvgIpc) is 2.69. The number of nitrogens with one attached hydrogen (secondary N) is 1. The van der Waals surface area contributed by atoms with Gasteiger partial charge in [-0.1, -0.05) is 31.4 Å². The highest BCUT2D eigenvalue weighted by Gasteiger charge is 2.27. The predicted molar refractivity (Wildman–Crippen MR) is 110 cm³/mol. The van der Waals surface area contributed by atoms with Crippen LogP contribution in [0.25, 0.3) is 10.9 Å². The molecule has 5 nitrogen and oxygen atoms in total. The Bertz CT molecular complexity index is 819. The number of halogens is 1. The summed E-state index contributed by atoms with van der Waals surface area (Å²) in [4.78, 5) is 21.4. The smallest absolute Gasteiger partial charge is 0.317 e. The number of carbonyl (C=O) groups is 1. The van der Waals surface area contributed by atoms with Crippen molar-refractivity contribution in [2.75, 3.05) is 31.1 Å². The van der Waals surface area contributed by atoms with Crippen LogP contribution in [0.15, 0.2) is 30.5 Å². The van der Waals surface area contributed by atoms with E-state index in [2.05, 4.69) is 28.2 Å². The first kappa shape index (κ1) is 18.4. The Balaban J connectivity index is 1.40. The molecule has 1 aromatic heterocycles. The molecule has 1 saturated heterocycles. The molecule has 2 aromatic rings. The van der Waals surface area contributed by atoms with Gasteiger partial charge in [0, 0.05) is 54.5 Å². The third-order valence-electron chi connectivity index (χ3n) is 6.01. The lowest BCUT2D eigenvalue weighted by Gasteiger charge is -2.38. The first-order valence-corrected chi connectivity index (χ1v) is 10.3. The van der Waals surface area contributed by atoms with E-state index in [1.807, 2.05) is 29.3 Å². The number of nitrogens with zero attached hydrogens (tertiary/aromatic N) is 3. The van der Waals surface area contributed by atoms with E-state index >= 15 is 0 Å². The predicted octanol–water partition coefficient (Wildman–Crippen LogP) is 4.30. The SMILES string of the molecule is CC1CCCCC1NC(=O)N1CCN(c2ccnc3cc(Cl)ccc23)CC1. The Morgan fingerprint density at radius 3 is 2.70 bits per heavy atom. The second-order valence-electron chi connectivity index (χ2n) is 7.78. The molecule has 4 rings (SSSR count). The summed E-state index contributed by atoms with van der Waals surface area (Å²) < 4.78 is 0. The van der Waals surface area contributed by atoms with E-state index in [9.17, 15) is 4.79 Å². The van der Waals surface area contributed by atoms with Crippen LogP contribution in [0.1, 0.15) is 32.6 Å². The molecular weight excluding hydrogens is 360 g/mol. The lowest BCUT2D eigenvalue weighted by atomic mass is 9.86. The number of anilines is 1. The van der Waals surface area contributed by atoms with Crippen molar-refractivity contribution in [1.82, 2.24) is 15.2 Å². The van der Waals surface area contributed by atoms with Crippen molar-refractivity contribution >= 4 is 34.2 Å². The molecule has 144 valence electrons. The van der Waals surface area contributed by atoms with E-state index in [-0.39, 0.29) is 6.03 Å². The van der Waals surface area contributed by atoms with Gasteiger partial charge in [0.2, 0.25) is 0 Å². The van der Waals surface area contributed by atoms with E-state index in [0.717, 1.165) is 49.2 Å². The molecule has 2 unspecified atom stereocenters. The number of carbonyl (C=O) groups excluding carboxylic acids is 1. The first-order valence-electron chi connectivity index (χ1n) is 9.96. The second-order valence-corrected chi connectivity index (χ2v) is 8.22. The second kappa shape index (κ2) is 7.93. The van der Waals surface area contributed by atoms with Crippen molar-refractivity contribution in [1.29, 1.82) is 0 Å². The number of amides is 2. The largest absolute Gasteiger partial charge is 0.367 e. The first-order chi connectivity index (χ1) is 13.1. The van der Waals surface area contributed by atoms with Gasteiger partial charge in [-0.3, -0.25) is 4.98 Å². The molecule has 2 amide bonds. The maximum Gasteiger partial charge on any atom is 0.317 e. The van der Waals surface area contributed by atoms with Gasteiger partial charge in [0.1, 0.15) is 0 Å². The third-order valence-corrected chi connectivity index (χ3v) is 6.24. The van der Waals surface area contributed by atoms with Crippen LogP contribution < -0.4 is 10.2 Å². The summed E-state index contributed by atoms with van der Waals surface area (Å²) in [5, 5.41) is 5.08. The summed E-state index contributed by atoms with van der Waals surface area (Å²) in [5.41, 5.74) is 2.07. The molecule has 2 fully saturated rings. The summed E-state index contributed by atoms with van der Waals surface area (Å²) in [6, 6.07) is 8.32. The van der Waals surface area contributed by atoms with Crippen molar-refractivity contribution in [3.05, 3.63) is 35.5 Å². The van der Waals surface area contributed by atoms with E-state index < -0.39 is 0 Å². The standard InChI is InChI=1S/C21H27ClN4O/c1-15-4-2-3-5-18(15)24-21(27)26-12-10-25(11-13-26)20-8-9-23-19-14-16(22)6-7-17(19)20/h6-9,14-15,18H,2-5,10-13H2,1H3,(H,24,27). The zero-order valence-electron chi connectivity index (χ0n) is 15.8. The number of hydrogen-bond donors (Lipinski definition) is 1. The highest BCUT2D eigenvalue weighted by Crippen LogP contribution is 2.28. The van der Waals surface area contributed by atoms with Gasteiger partial charge in [-0.05, 0) is 43.0 Å². The minimum atomic E-state index is 0.0970. The molecule has 0 radical (unpaired) electrons. The molecule has 1 saturated carbocycles. The van der Waals surface area contributed by atoms with Gasteiger partial charge in [0.05, 0.1) is 5.52 Å². The molecule has 2 atom stereocenters. The van der Waals surface area contributed by atoms with Crippen molar-refractivity contribution in [2.45, 2.75) is 38.6 Å². The third kappa shape index (κ3) is 3.98. The maximum atomic E-state index is 12.7. The molecule has 1 N–H and O–H groups in total. The maximum absolute atomic E-state index is 12.7. The number of pyridine rings is 1. The van der Waals surface area contributed by atoms with Crippen molar-refractivity contribution in [3.63, 3.8) is 0 Å².